The Balaban J connectivity index is 1.83. The van der Waals surface area contributed by atoms with Crippen LogP contribution in [0.5, 0.6) is 5.75 Å². The molecular weight excluding hydrogens is 422 g/mol. The van der Waals surface area contributed by atoms with Crippen LogP contribution < -0.4 is 10.6 Å². The van der Waals surface area contributed by atoms with Crippen LogP contribution in [0.1, 0.15) is 84.2 Å². The van der Waals surface area contributed by atoms with E-state index in [4.69, 9.17) is 4.74 Å². The lowest BCUT2D eigenvalue weighted by atomic mass is 9.94. The first-order valence-electron chi connectivity index (χ1n) is 12.0. The van der Waals surface area contributed by atoms with Gasteiger partial charge in [0, 0.05) is 12.1 Å². The van der Waals surface area contributed by atoms with Crippen LogP contribution >= 0.6 is 0 Å². The van der Waals surface area contributed by atoms with Crippen molar-refractivity contribution in [3.05, 3.63) is 29.8 Å². The summed E-state index contributed by atoms with van der Waals surface area (Å²) in [6.45, 7) is 6.87. The van der Waals surface area contributed by atoms with Crippen LogP contribution in [0.2, 0.25) is 0 Å². The van der Waals surface area contributed by atoms with E-state index in [1.165, 1.54) is 18.6 Å². The van der Waals surface area contributed by atoms with E-state index in [1.807, 2.05) is 0 Å². The number of alkyl carbamates (subject to hydrolysis) is 1. The van der Waals surface area contributed by atoms with Crippen molar-refractivity contribution in [2.24, 2.45) is 0 Å². The van der Waals surface area contributed by atoms with E-state index >= 15 is 0 Å². The lowest BCUT2D eigenvalue weighted by Gasteiger charge is -2.35. The highest BCUT2D eigenvalue weighted by molar-refractivity contribution is 5.92. The molecule has 3 N–H and O–H groups in total. The predicted molar refractivity (Wildman–Crippen MR) is 125 cm³/mol. The van der Waals surface area contributed by atoms with E-state index in [1.54, 1.807) is 44.7 Å². The van der Waals surface area contributed by atoms with Crippen molar-refractivity contribution in [3.63, 3.8) is 0 Å². The lowest BCUT2D eigenvalue weighted by molar-refractivity contribution is -0.143. The van der Waals surface area contributed by atoms with Gasteiger partial charge in [-0.15, -0.1) is 0 Å². The van der Waals surface area contributed by atoms with Gasteiger partial charge in [-0.2, -0.15) is 0 Å². The third-order valence-electron chi connectivity index (χ3n) is 5.99. The summed E-state index contributed by atoms with van der Waals surface area (Å²) < 4.78 is 5.29. The average molecular weight is 460 g/mol. The molecule has 2 aliphatic carbocycles. The molecular formula is C25H37N3O5. The molecule has 0 saturated heterocycles. The van der Waals surface area contributed by atoms with Gasteiger partial charge in [-0.05, 0) is 71.1 Å². The van der Waals surface area contributed by atoms with Gasteiger partial charge in [0.2, 0.25) is 11.8 Å². The molecule has 0 aliphatic heterocycles. The molecule has 2 aliphatic rings. The maximum absolute atomic E-state index is 13.5. The largest absolute Gasteiger partial charge is 0.508 e. The molecule has 2 atom stereocenters. The smallest absolute Gasteiger partial charge is 0.408 e. The summed E-state index contributed by atoms with van der Waals surface area (Å²) in [5.74, 6) is -0.466. The first-order chi connectivity index (χ1) is 15.5. The second-order valence-corrected chi connectivity index (χ2v) is 10.2. The number of amides is 3. The number of phenolic OH excluding ortho intramolecular Hbond substituents is 1. The van der Waals surface area contributed by atoms with Crippen LogP contribution in [-0.2, 0) is 14.3 Å². The standard InChI is InChI=1S/C25H37N3O5/c1-16(26-24(32)33-25(2,3)4)23(31)28(19-12-13-19)21(17-10-14-20(29)15-11-17)22(30)27-18-8-6-5-7-9-18/h10-11,14-16,18-19,21,29H,5-9,12-13H2,1-4H3,(H,26,32)(H,27,30). The van der Waals surface area contributed by atoms with E-state index in [2.05, 4.69) is 10.6 Å². The highest BCUT2D eigenvalue weighted by Gasteiger charge is 2.43. The van der Waals surface area contributed by atoms with E-state index in [9.17, 15) is 19.5 Å². The molecule has 0 spiro atoms. The minimum absolute atomic E-state index is 0.0729. The Morgan fingerprint density at radius 3 is 2.18 bits per heavy atom. The van der Waals surface area contributed by atoms with Gasteiger partial charge in [0.05, 0.1) is 0 Å². The zero-order valence-electron chi connectivity index (χ0n) is 20.1. The molecule has 8 nitrogen and oxygen atoms in total. The van der Waals surface area contributed by atoms with Crippen molar-refractivity contribution in [3.8, 4) is 5.75 Å². The molecule has 33 heavy (non-hydrogen) atoms. The molecule has 182 valence electrons. The first-order valence-corrected chi connectivity index (χ1v) is 12.0. The number of aromatic hydroxyl groups is 1. The molecule has 1 aromatic carbocycles. The maximum atomic E-state index is 13.5. The van der Waals surface area contributed by atoms with Crippen LogP contribution in [0, 0.1) is 0 Å². The van der Waals surface area contributed by atoms with Gasteiger partial charge >= 0.3 is 6.09 Å². The van der Waals surface area contributed by atoms with Crippen LogP contribution in [-0.4, -0.2) is 51.6 Å². The molecule has 2 unspecified atom stereocenters. The molecule has 0 aromatic heterocycles. The SMILES string of the molecule is CC(NC(=O)OC(C)(C)C)C(=O)N(C1CC1)C(C(=O)NC1CCCCC1)c1ccc(O)cc1. The van der Waals surface area contributed by atoms with Gasteiger partial charge in [0.25, 0.3) is 0 Å². The van der Waals surface area contributed by atoms with Crippen LogP contribution in [0.25, 0.3) is 0 Å². The summed E-state index contributed by atoms with van der Waals surface area (Å²) in [5, 5.41) is 15.5. The zero-order chi connectivity index (χ0) is 24.2. The number of nitrogens with one attached hydrogen (secondary N) is 2. The highest BCUT2D eigenvalue weighted by atomic mass is 16.6. The fourth-order valence-corrected chi connectivity index (χ4v) is 4.26. The van der Waals surface area contributed by atoms with E-state index in [-0.39, 0.29) is 29.6 Å². The van der Waals surface area contributed by atoms with Crippen LogP contribution in [0.4, 0.5) is 4.79 Å². The number of phenols is 1. The number of rotatable bonds is 7. The van der Waals surface area contributed by atoms with Crippen LogP contribution in [0.15, 0.2) is 24.3 Å². The first kappa shape index (κ1) is 24.9. The predicted octanol–water partition coefficient (Wildman–Crippen LogP) is 3.79. The quantitative estimate of drug-likeness (QED) is 0.575. The zero-order valence-corrected chi connectivity index (χ0v) is 20.1. The molecule has 1 aromatic rings. The van der Waals surface area contributed by atoms with Crippen molar-refractivity contribution >= 4 is 17.9 Å². The van der Waals surface area contributed by atoms with E-state index < -0.39 is 23.8 Å². The summed E-state index contributed by atoms with van der Waals surface area (Å²) >= 11 is 0. The number of hydrogen-bond acceptors (Lipinski definition) is 5. The second-order valence-electron chi connectivity index (χ2n) is 10.2. The minimum atomic E-state index is -0.859. The molecule has 2 saturated carbocycles. The van der Waals surface area contributed by atoms with Gasteiger partial charge < -0.3 is 25.4 Å². The fraction of sp³-hybridized carbons (Fsp3) is 0.640. The number of carbonyl (C=O) groups is 3. The second kappa shape index (κ2) is 10.4. The Labute approximate surface area is 196 Å². The summed E-state index contributed by atoms with van der Waals surface area (Å²) in [7, 11) is 0. The molecule has 3 rings (SSSR count). The topological polar surface area (TPSA) is 108 Å². The molecule has 0 heterocycles. The van der Waals surface area contributed by atoms with Gasteiger partial charge in [0.1, 0.15) is 23.4 Å². The molecule has 0 bridgehead atoms. The molecule has 0 radical (unpaired) electrons. The monoisotopic (exact) mass is 459 g/mol. The van der Waals surface area contributed by atoms with Crippen molar-refractivity contribution in [1.29, 1.82) is 0 Å². The Morgan fingerprint density at radius 1 is 1.03 bits per heavy atom. The van der Waals surface area contributed by atoms with Gasteiger partial charge in [-0.25, -0.2) is 4.79 Å². The van der Waals surface area contributed by atoms with Gasteiger partial charge in [-0.1, -0.05) is 31.4 Å². The third-order valence-corrected chi connectivity index (χ3v) is 5.99. The highest BCUT2D eigenvalue weighted by Crippen LogP contribution is 2.36. The molecule has 2 fully saturated rings. The molecule has 8 heteroatoms. The van der Waals surface area contributed by atoms with Crippen molar-refractivity contribution in [1.82, 2.24) is 15.5 Å². The van der Waals surface area contributed by atoms with E-state index in [0.29, 0.717) is 5.56 Å². The normalized spacial score (nSPS) is 18.7. The third kappa shape index (κ3) is 7.11. The number of benzene rings is 1. The maximum Gasteiger partial charge on any atom is 0.408 e. The number of ether oxygens (including phenoxy) is 1. The van der Waals surface area contributed by atoms with Gasteiger partial charge in [-0.3, -0.25) is 9.59 Å². The Morgan fingerprint density at radius 2 is 1.64 bits per heavy atom. The fourth-order valence-electron chi connectivity index (χ4n) is 4.26. The molecule has 3 amide bonds. The van der Waals surface area contributed by atoms with Crippen molar-refractivity contribution < 1.29 is 24.2 Å². The summed E-state index contributed by atoms with van der Waals surface area (Å²) in [6, 6.07) is 4.72. The van der Waals surface area contributed by atoms with Gasteiger partial charge in [0.15, 0.2) is 0 Å². The number of hydrogen-bond donors (Lipinski definition) is 3. The van der Waals surface area contributed by atoms with Crippen LogP contribution in [0.3, 0.4) is 0 Å². The van der Waals surface area contributed by atoms with E-state index in [0.717, 1.165) is 38.5 Å². The minimum Gasteiger partial charge on any atom is -0.508 e. The number of nitrogens with zero attached hydrogens (tertiary/aromatic N) is 1. The summed E-state index contributed by atoms with van der Waals surface area (Å²) in [6.07, 6.45) is 6.13. The van der Waals surface area contributed by atoms with Crippen molar-refractivity contribution in [2.75, 3.05) is 0 Å². The Kier molecular flexibility index (Phi) is 7.87. The Bertz CT molecular complexity index is 839. The van der Waals surface area contributed by atoms with Crippen molar-refractivity contribution in [2.45, 2.75) is 102 Å². The summed E-state index contributed by atoms with van der Waals surface area (Å²) in [4.78, 5) is 40.9. The lowest BCUT2D eigenvalue weighted by Crippen LogP contribution is -2.53. The average Bonchev–Trinajstić information content (AvgIpc) is 3.56. The summed E-state index contributed by atoms with van der Waals surface area (Å²) in [5.41, 5.74) is -0.0527. The Hall–Kier alpha value is -2.77. The number of carbonyl (C=O) groups excluding carboxylic acids is 3.